The van der Waals surface area contributed by atoms with Gasteiger partial charge in [0.15, 0.2) is 18.9 Å². The van der Waals surface area contributed by atoms with Crippen molar-refractivity contribution >= 4 is 0 Å². The van der Waals surface area contributed by atoms with Gasteiger partial charge in [0.2, 0.25) is 0 Å². The van der Waals surface area contributed by atoms with Crippen molar-refractivity contribution in [1.82, 2.24) is 0 Å². The fraction of sp³-hybridized carbons (Fsp3) is 1.00. The Labute approximate surface area is 176 Å². The molecule has 3 fully saturated rings. The van der Waals surface area contributed by atoms with E-state index in [-0.39, 0.29) is 6.61 Å². The Morgan fingerprint density at radius 1 is 0.710 bits per heavy atom. The zero-order chi connectivity index (χ0) is 23.0. The lowest BCUT2D eigenvalue weighted by atomic mass is 9.97. The van der Waals surface area contributed by atoms with Crippen molar-refractivity contribution in [2.75, 3.05) is 13.2 Å². The smallest absolute Gasteiger partial charge is 0.187 e. The summed E-state index contributed by atoms with van der Waals surface area (Å²) >= 11 is 0. The molecule has 0 aromatic heterocycles. The monoisotopic (exact) mass is 458 g/mol. The molecule has 14 atom stereocenters. The summed E-state index contributed by atoms with van der Waals surface area (Å²) in [7, 11) is 0. The van der Waals surface area contributed by atoms with Crippen molar-refractivity contribution in [3.63, 3.8) is 0 Å². The summed E-state index contributed by atoms with van der Waals surface area (Å²) in [6.45, 7) is 0.306. The third kappa shape index (κ3) is 5.02. The molecule has 0 aromatic rings. The summed E-state index contributed by atoms with van der Waals surface area (Å²) < 4.78 is 26.6. The average molecular weight is 458 g/mol. The summed E-state index contributed by atoms with van der Waals surface area (Å²) in [6, 6.07) is 0. The molecule has 0 unspecified atom stereocenters. The van der Waals surface area contributed by atoms with E-state index in [2.05, 4.69) is 0 Å². The Hall–Kier alpha value is -0.560. The SMILES string of the molecule is C[C@@H]1O[C@@H](O[C@H]2[C@H](O[C@@H]3[C@@H](O)[C@H](O)CO[C@@H]3O)O[C@H](CO)[C@H](O)[C@@H]2O)[C@@H](O)[C@H](O)[C@@H]1O. The Balaban J connectivity index is 1.80. The van der Waals surface area contributed by atoms with Crippen LogP contribution in [0.1, 0.15) is 6.92 Å². The van der Waals surface area contributed by atoms with Gasteiger partial charge in [-0.05, 0) is 6.92 Å². The number of ether oxygens (including phenoxy) is 5. The Morgan fingerprint density at radius 3 is 2.00 bits per heavy atom. The molecule has 0 aliphatic carbocycles. The highest BCUT2D eigenvalue weighted by Gasteiger charge is 2.52. The van der Waals surface area contributed by atoms with Crippen LogP contribution in [0.3, 0.4) is 0 Å². The van der Waals surface area contributed by atoms with Crippen molar-refractivity contribution in [1.29, 1.82) is 0 Å². The molecule has 14 heteroatoms. The summed E-state index contributed by atoms with van der Waals surface area (Å²) in [6.07, 6.45) is -21.7. The Bertz CT molecular complexity index is 581. The number of rotatable bonds is 5. The second-order valence-electron chi connectivity index (χ2n) is 7.87. The molecule has 0 bridgehead atoms. The summed E-state index contributed by atoms with van der Waals surface area (Å²) in [5.74, 6) is 0. The number of aliphatic hydroxyl groups is 9. The van der Waals surface area contributed by atoms with Gasteiger partial charge in [0.05, 0.1) is 19.3 Å². The van der Waals surface area contributed by atoms with Crippen molar-refractivity contribution in [3.8, 4) is 0 Å². The minimum Gasteiger partial charge on any atom is -0.394 e. The maximum absolute atomic E-state index is 10.5. The first-order chi connectivity index (χ1) is 14.6. The fourth-order valence-corrected chi connectivity index (χ4v) is 3.67. The van der Waals surface area contributed by atoms with Crippen molar-refractivity contribution in [2.45, 2.75) is 92.9 Å². The lowest BCUT2D eigenvalue weighted by Crippen LogP contribution is -2.65. The highest BCUT2D eigenvalue weighted by molar-refractivity contribution is 4.94. The first-order valence-corrected chi connectivity index (χ1v) is 9.85. The Morgan fingerprint density at radius 2 is 1.35 bits per heavy atom. The van der Waals surface area contributed by atoms with E-state index in [0.29, 0.717) is 0 Å². The molecule has 31 heavy (non-hydrogen) atoms. The van der Waals surface area contributed by atoms with Crippen LogP contribution in [0, 0.1) is 0 Å². The molecule has 0 spiro atoms. The first kappa shape index (κ1) is 25.1. The van der Waals surface area contributed by atoms with Gasteiger partial charge >= 0.3 is 0 Å². The van der Waals surface area contributed by atoms with E-state index < -0.39 is 92.6 Å². The van der Waals surface area contributed by atoms with E-state index in [1.807, 2.05) is 0 Å². The Kier molecular flexibility index (Phi) is 8.21. The quantitative estimate of drug-likeness (QED) is 0.187. The highest BCUT2D eigenvalue weighted by atomic mass is 16.8. The minimum atomic E-state index is -1.77. The summed E-state index contributed by atoms with van der Waals surface area (Å²) in [4.78, 5) is 0. The van der Waals surface area contributed by atoms with Crippen LogP contribution < -0.4 is 0 Å². The van der Waals surface area contributed by atoms with Gasteiger partial charge < -0.3 is 69.6 Å². The van der Waals surface area contributed by atoms with Crippen LogP contribution in [0.25, 0.3) is 0 Å². The largest absolute Gasteiger partial charge is 0.394 e. The van der Waals surface area contributed by atoms with E-state index in [1.54, 1.807) is 0 Å². The third-order valence-electron chi connectivity index (χ3n) is 5.67. The molecule has 9 N–H and O–H groups in total. The fourth-order valence-electron chi connectivity index (χ4n) is 3.67. The van der Waals surface area contributed by atoms with Crippen LogP contribution in [0.15, 0.2) is 0 Å². The predicted molar refractivity (Wildman–Crippen MR) is 93.8 cm³/mol. The molecule has 0 aromatic carbocycles. The number of hydrogen-bond acceptors (Lipinski definition) is 14. The zero-order valence-corrected chi connectivity index (χ0v) is 16.6. The summed E-state index contributed by atoms with van der Waals surface area (Å²) in [5, 5.41) is 89.9. The molecule has 0 amide bonds. The van der Waals surface area contributed by atoms with Crippen LogP contribution in [0.5, 0.6) is 0 Å². The molecule has 3 rings (SSSR count). The van der Waals surface area contributed by atoms with E-state index in [9.17, 15) is 46.0 Å². The average Bonchev–Trinajstić information content (AvgIpc) is 2.74. The molecule has 0 saturated carbocycles. The third-order valence-corrected chi connectivity index (χ3v) is 5.67. The number of aliphatic hydroxyl groups excluding tert-OH is 9. The van der Waals surface area contributed by atoms with Gasteiger partial charge in [0, 0.05) is 0 Å². The topological polar surface area (TPSA) is 228 Å². The number of hydrogen-bond donors (Lipinski definition) is 9. The molecule has 3 heterocycles. The molecular weight excluding hydrogens is 428 g/mol. The van der Waals surface area contributed by atoms with Crippen LogP contribution >= 0.6 is 0 Å². The lowest BCUT2D eigenvalue weighted by Gasteiger charge is -2.47. The molecule has 3 saturated heterocycles. The van der Waals surface area contributed by atoms with Gasteiger partial charge in [0.25, 0.3) is 0 Å². The normalized spacial score (nSPS) is 54.0. The van der Waals surface area contributed by atoms with Crippen LogP contribution in [0.4, 0.5) is 0 Å². The second-order valence-corrected chi connectivity index (χ2v) is 7.87. The highest BCUT2D eigenvalue weighted by Crippen LogP contribution is 2.31. The zero-order valence-electron chi connectivity index (χ0n) is 16.6. The molecule has 182 valence electrons. The van der Waals surface area contributed by atoms with Gasteiger partial charge in [-0.15, -0.1) is 0 Å². The maximum Gasteiger partial charge on any atom is 0.187 e. The second kappa shape index (κ2) is 10.1. The standard InChI is InChI=1S/C17H30O14/c1-4-7(20)10(23)12(25)16(28-4)31-14-11(24)9(22)6(2-18)29-17(14)30-13-8(21)5(19)3-27-15(13)26/h4-26H,2-3H2,1H3/t4-,5+,6+,7+,8-,9-,10+,11-,12-,13+,14+,15-,16-,17-/m0/s1. The van der Waals surface area contributed by atoms with Gasteiger partial charge in [-0.25, -0.2) is 0 Å². The molecular formula is C17H30O14. The van der Waals surface area contributed by atoms with Gasteiger partial charge in [-0.2, -0.15) is 0 Å². The van der Waals surface area contributed by atoms with E-state index in [1.165, 1.54) is 6.92 Å². The van der Waals surface area contributed by atoms with Crippen molar-refractivity contribution < 1.29 is 69.6 Å². The van der Waals surface area contributed by atoms with Gasteiger partial charge in [-0.3, -0.25) is 0 Å². The van der Waals surface area contributed by atoms with Crippen molar-refractivity contribution in [3.05, 3.63) is 0 Å². The predicted octanol–water partition coefficient (Wildman–Crippen LogP) is -5.91. The molecule has 14 nitrogen and oxygen atoms in total. The van der Waals surface area contributed by atoms with E-state index in [0.717, 1.165) is 0 Å². The first-order valence-electron chi connectivity index (χ1n) is 9.85. The molecule has 3 aliphatic heterocycles. The lowest BCUT2D eigenvalue weighted by molar-refractivity contribution is -0.385. The van der Waals surface area contributed by atoms with Crippen LogP contribution in [-0.2, 0) is 23.7 Å². The van der Waals surface area contributed by atoms with Crippen molar-refractivity contribution in [2.24, 2.45) is 0 Å². The maximum atomic E-state index is 10.5. The minimum absolute atomic E-state index is 0.367. The van der Waals surface area contributed by atoms with Gasteiger partial charge in [-0.1, -0.05) is 0 Å². The van der Waals surface area contributed by atoms with Gasteiger partial charge in [0.1, 0.15) is 61.0 Å². The van der Waals surface area contributed by atoms with E-state index in [4.69, 9.17) is 23.7 Å². The van der Waals surface area contributed by atoms with Crippen LogP contribution in [0.2, 0.25) is 0 Å². The summed E-state index contributed by atoms with van der Waals surface area (Å²) in [5.41, 5.74) is 0. The molecule has 0 radical (unpaired) electrons. The van der Waals surface area contributed by atoms with Crippen LogP contribution in [-0.4, -0.2) is 145 Å². The molecule has 3 aliphatic rings. The van der Waals surface area contributed by atoms with E-state index >= 15 is 0 Å².